The highest BCUT2D eigenvalue weighted by Gasteiger charge is 2.23. The second-order valence-corrected chi connectivity index (χ2v) is 11.6. The molecule has 5 aromatic carbocycles. The van der Waals surface area contributed by atoms with Crippen LogP contribution < -0.4 is 20.7 Å². The lowest BCUT2D eigenvalue weighted by atomic mass is 10.0. The minimum Gasteiger partial charge on any atom is -0.457 e. The monoisotopic (exact) mass is 508 g/mol. The zero-order valence-electron chi connectivity index (χ0n) is 21.2. The van der Waals surface area contributed by atoms with Crippen molar-refractivity contribution in [1.82, 2.24) is 0 Å². The Morgan fingerprint density at radius 1 is 0.579 bits per heavy atom. The Morgan fingerprint density at radius 2 is 1.16 bits per heavy atom. The third-order valence-electron chi connectivity index (χ3n) is 6.76. The first kappa shape index (κ1) is 24.2. The van der Waals surface area contributed by atoms with Gasteiger partial charge in [0.05, 0.1) is 0 Å². The predicted molar refractivity (Wildman–Crippen MR) is 162 cm³/mol. The Bertz CT molecular complexity index is 1520. The van der Waals surface area contributed by atoms with E-state index in [1.54, 1.807) is 0 Å². The molecule has 0 bridgehead atoms. The van der Waals surface area contributed by atoms with E-state index in [1.807, 2.05) is 30.3 Å². The smallest absolute Gasteiger partial charge is 0.128 e. The molecular weight excluding hydrogens is 479 g/mol. The number of para-hydroxylation sites is 1. The molecule has 1 aliphatic rings. The maximum Gasteiger partial charge on any atom is 0.128 e. The molecule has 184 valence electrons. The van der Waals surface area contributed by atoms with Gasteiger partial charge < -0.3 is 4.74 Å². The SMILES string of the molecule is C1=C(Cc2ccccc2)C=C(c2ccc(Oc3ccccc3)cc2P(c2ccccc2)c2ccccc2)C1. The highest BCUT2D eigenvalue weighted by molar-refractivity contribution is 7.80. The van der Waals surface area contributed by atoms with Crippen molar-refractivity contribution < 1.29 is 4.74 Å². The van der Waals surface area contributed by atoms with E-state index < -0.39 is 7.92 Å². The van der Waals surface area contributed by atoms with E-state index in [9.17, 15) is 0 Å². The predicted octanol–water partition coefficient (Wildman–Crippen LogP) is 8.19. The Hall–Kier alpha value is -4.19. The summed E-state index contributed by atoms with van der Waals surface area (Å²) in [7, 11) is -0.780. The summed E-state index contributed by atoms with van der Waals surface area (Å²) >= 11 is 0. The standard InChI is InChI=1S/C36H29OP/c1-5-13-28(14-6-1)25-29-21-22-30(26-29)35-24-23-32(37-31-15-7-2-8-16-31)27-36(35)38(33-17-9-3-10-18-33)34-19-11-4-12-20-34/h1-21,23-24,26-27H,22,25H2. The third-order valence-corrected chi connectivity index (χ3v) is 9.24. The Labute approximate surface area is 226 Å². The maximum absolute atomic E-state index is 6.34. The zero-order chi connectivity index (χ0) is 25.6. The molecule has 0 aliphatic heterocycles. The van der Waals surface area contributed by atoms with Gasteiger partial charge in [0.15, 0.2) is 0 Å². The minimum atomic E-state index is -0.780. The van der Waals surface area contributed by atoms with Crippen LogP contribution in [0.5, 0.6) is 11.5 Å². The van der Waals surface area contributed by atoms with Crippen molar-refractivity contribution in [3.8, 4) is 11.5 Å². The van der Waals surface area contributed by atoms with E-state index in [0.29, 0.717) is 0 Å². The van der Waals surface area contributed by atoms with Gasteiger partial charge in [0.1, 0.15) is 11.5 Å². The fourth-order valence-corrected chi connectivity index (χ4v) is 7.47. The molecule has 0 spiro atoms. The Balaban J connectivity index is 1.44. The van der Waals surface area contributed by atoms with Crippen LogP contribution in [0.2, 0.25) is 0 Å². The van der Waals surface area contributed by atoms with E-state index in [4.69, 9.17) is 4.74 Å². The van der Waals surface area contributed by atoms with Crippen LogP contribution in [0.3, 0.4) is 0 Å². The fourth-order valence-electron chi connectivity index (χ4n) is 4.96. The van der Waals surface area contributed by atoms with Crippen LogP contribution in [0.4, 0.5) is 0 Å². The summed E-state index contributed by atoms with van der Waals surface area (Å²) in [6, 6.07) is 49.2. The molecule has 0 atom stereocenters. The normalized spacial score (nSPS) is 12.8. The molecule has 6 rings (SSSR count). The van der Waals surface area contributed by atoms with Crippen LogP contribution >= 0.6 is 7.92 Å². The highest BCUT2D eigenvalue weighted by atomic mass is 31.1. The number of hydrogen-bond donors (Lipinski definition) is 0. The van der Waals surface area contributed by atoms with Crippen LogP contribution in [0, 0.1) is 0 Å². The van der Waals surface area contributed by atoms with Gasteiger partial charge in [-0.1, -0.05) is 127 Å². The van der Waals surface area contributed by atoms with Gasteiger partial charge in [-0.2, -0.15) is 0 Å². The van der Waals surface area contributed by atoms with Crippen molar-refractivity contribution in [3.63, 3.8) is 0 Å². The molecule has 1 aliphatic carbocycles. The van der Waals surface area contributed by atoms with Gasteiger partial charge in [-0.3, -0.25) is 0 Å². The molecule has 0 aromatic heterocycles. The van der Waals surface area contributed by atoms with E-state index >= 15 is 0 Å². The number of allylic oxidation sites excluding steroid dienone is 4. The fraction of sp³-hybridized carbons (Fsp3) is 0.0556. The molecule has 0 unspecified atom stereocenters. The van der Waals surface area contributed by atoms with Crippen molar-refractivity contribution >= 4 is 29.4 Å². The molecular formula is C36H29OP. The lowest BCUT2D eigenvalue weighted by Gasteiger charge is -2.24. The van der Waals surface area contributed by atoms with Gasteiger partial charge in [0.2, 0.25) is 0 Å². The summed E-state index contributed by atoms with van der Waals surface area (Å²) in [4.78, 5) is 0. The van der Waals surface area contributed by atoms with Crippen molar-refractivity contribution in [2.24, 2.45) is 0 Å². The summed E-state index contributed by atoms with van der Waals surface area (Å²) in [6.45, 7) is 0. The summed E-state index contributed by atoms with van der Waals surface area (Å²) < 4.78 is 6.34. The highest BCUT2D eigenvalue weighted by Crippen LogP contribution is 2.40. The molecule has 5 aromatic rings. The molecule has 0 saturated heterocycles. The van der Waals surface area contributed by atoms with Gasteiger partial charge in [0, 0.05) is 0 Å². The molecule has 0 heterocycles. The number of rotatable bonds is 8. The average molecular weight is 509 g/mol. The number of hydrogen-bond acceptors (Lipinski definition) is 1. The molecule has 0 N–H and O–H groups in total. The van der Waals surface area contributed by atoms with Gasteiger partial charge >= 0.3 is 0 Å². The van der Waals surface area contributed by atoms with E-state index in [-0.39, 0.29) is 0 Å². The molecule has 0 fully saturated rings. The van der Waals surface area contributed by atoms with E-state index in [2.05, 4.69) is 121 Å². The van der Waals surface area contributed by atoms with Crippen LogP contribution in [0.1, 0.15) is 17.5 Å². The van der Waals surface area contributed by atoms with Crippen LogP contribution in [0.15, 0.2) is 157 Å². The van der Waals surface area contributed by atoms with Gasteiger partial charge in [-0.15, -0.1) is 0 Å². The van der Waals surface area contributed by atoms with Crippen molar-refractivity contribution in [2.45, 2.75) is 12.8 Å². The zero-order valence-corrected chi connectivity index (χ0v) is 22.1. The molecule has 0 saturated carbocycles. The topological polar surface area (TPSA) is 9.23 Å². The van der Waals surface area contributed by atoms with Crippen LogP contribution in [-0.2, 0) is 6.42 Å². The average Bonchev–Trinajstić information content (AvgIpc) is 3.44. The molecule has 0 amide bonds. The van der Waals surface area contributed by atoms with Gasteiger partial charge in [-0.05, 0) is 83.2 Å². The Kier molecular flexibility index (Phi) is 7.29. The molecule has 1 nitrogen and oxygen atoms in total. The minimum absolute atomic E-state index is 0.780. The molecule has 38 heavy (non-hydrogen) atoms. The largest absolute Gasteiger partial charge is 0.457 e. The molecule has 0 radical (unpaired) electrons. The van der Waals surface area contributed by atoms with Crippen LogP contribution in [-0.4, -0.2) is 0 Å². The first-order chi connectivity index (χ1) is 18.8. The number of ether oxygens (including phenoxy) is 1. The first-order valence-electron chi connectivity index (χ1n) is 13.0. The third kappa shape index (κ3) is 5.54. The van der Waals surface area contributed by atoms with Gasteiger partial charge in [0.25, 0.3) is 0 Å². The summed E-state index contributed by atoms with van der Waals surface area (Å²) in [5.74, 6) is 1.72. The maximum atomic E-state index is 6.34. The van der Waals surface area contributed by atoms with E-state index in [0.717, 1.165) is 24.3 Å². The number of benzene rings is 5. The Morgan fingerprint density at radius 3 is 1.79 bits per heavy atom. The van der Waals surface area contributed by atoms with Crippen molar-refractivity contribution in [2.75, 3.05) is 0 Å². The summed E-state index contributed by atoms with van der Waals surface area (Å²) in [6.07, 6.45) is 6.68. The lowest BCUT2D eigenvalue weighted by Crippen LogP contribution is -2.23. The van der Waals surface area contributed by atoms with E-state index in [1.165, 1.54) is 38.2 Å². The summed E-state index contributed by atoms with van der Waals surface area (Å²) in [5, 5.41) is 4.00. The first-order valence-corrected chi connectivity index (χ1v) is 14.4. The van der Waals surface area contributed by atoms with Gasteiger partial charge in [-0.25, -0.2) is 0 Å². The van der Waals surface area contributed by atoms with Crippen LogP contribution in [0.25, 0.3) is 5.57 Å². The van der Waals surface area contributed by atoms with Crippen molar-refractivity contribution in [3.05, 3.63) is 168 Å². The lowest BCUT2D eigenvalue weighted by molar-refractivity contribution is 0.483. The second kappa shape index (κ2) is 11.5. The van der Waals surface area contributed by atoms with Crippen molar-refractivity contribution in [1.29, 1.82) is 0 Å². The second-order valence-electron chi connectivity index (χ2n) is 9.42. The quantitative estimate of drug-likeness (QED) is 0.192. The summed E-state index contributed by atoms with van der Waals surface area (Å²) in [5.41, 5.74) is 5.41. The molecule has 2 heteroatoms.